The SMILES string of the molecule is C=C(C)CCC1C(=O)N(c2ccccc2)N(c2ccccc2)C1=O. The summed E-state index contributed by atoms with van der Waals surface area (Å²) in [6, 6.07) is 18.5. The molecule has 1 fully saturated rings. The first-order valence-corrected chi connectivity index (χ1v) is 8.02. The summed E-state index contributed by atoms with van der Waals surface area (Å²) in [6.45, 7) is 5.78. The Morgan fingerprint density at radius 3 is 1.67 bits per heavy atom. The quantitative estimate of drug-likeness (QED) is 0.618. The van der Waals surface area contributed by atoms with Crippen LogP contribution in [0, 0.1) is 5.92 Å². The van der Waals surface area contributed by atoms with Crippen molar-refractivity contribution in [2.75, 3.05) is 10.0 Å². The monoisotopic (exact) mass is 320 g/mol. The van der Waals surface area contributed by atoms with Crippen LogP contribution in [0.25, 0.3) is 0 Å². The van der Waals surface area contributed by atoms with Gasteiger partial charge in [-0.3, -0.25) is 9.59 Å². The van der Waals surface area contributed by atoms with Crippen molar-refractivity contribution in [3.05, 3.63) is 72.8 Å². The van der Waals surface area contributed by atoms with Crippen LogP contribution in [0.4, 0.5) is 11.4 Å². The second kappa shape index (κ2) is 6.71. The van der Waals surface area contributed by atoms with Gasteiger partial charge in [0.15, 0.2) is 0 Å². The van der Waals surface area contributed by atoms with Crippen molar-refractivity contribution in [3.8, 4) is 0 Å². The van der Waals surface area contributed by atoms with E-state index in [9.17, 15) is 9.59 Å². The van der Waals surface area contributed by atoms with Gasteiger partial charge in [-0.2, -0.15) is 0 Å². The second-order valence-electron chi connectivity index (χ2n) is 6.02. The molecule has 4 nitrogen and oxygen atoms in total. The molecule has 0 unspecified atom stereocenters. The smallest absolute Gasteiger partial charge is 0.258 e. The predicted molar refractivity (Wildman–Crippen MR) is 95.4 cm³/mol. The number of carbonyl (C=O) groups is 2. The van der Waals surface area contributed by atoms with E-state index in [2.05, 4.69) is 6.58 Å². The third-order valence-corrected chi connectivity index (χ3v) is 4.08. The topological polar surface area (TPSA) is 40.6 Å². The van der Waals surface area contributed by atoms with E-state index in [4.69, 9.17) is 0 Å². The van der Waals surface area contributed by atoms with Crippen LogP contribution in [0.1, 0.15) is 19.8 Å². The Balaban J connectivity index is 2.01. The molecule has 2 aromatic carbocycles. The normalized spacial score (nSPS) is 15.2. The highest BCUT2D eigenvalue weighted by molar-refractivity contribution is 6.23. The highest BCUT2D eigenvalue weighted by atomic mass is 16.2. The summed E-state index contributed by atoms with van der Waals surface area (Å²) in [6.07, 6.45) is 1.15. The van der Waals surface area contributed by atoms with Gasteiger partial charge in [0.2, 0.25) is 0 Å². The Morgan fingerprint density at radius 2 is 1.29 bits per heavy atom. The minimum Gasteiger partial charge on any atom is -0.272 e. The van der Waals surface area contributed by atoms with Crippen molar-refractivity contribution in [1.29, 1.82) is 0 Å². The molecule has 24 heavy (non-hydrogen) atoms. The molecular weight excluding hydrogens is 300 g/mol. The highest BCUT2D eigenvalue weighted by Crippen LogP contribution is 2.33. The number of para-hydroxylation sites is 2. The Morgan fingerprint density at radius 1 is 0.875 bits per heavy atom. The fourth-order valence-electron chi connectivity index (χ4n) is 2.86. The summed E-state index contributed by atoms with van der Waals surface area (Å²) in [5, 5.41) is 2.97. The number of allylic oxidation sites excluding steroid dienone is 1. The summed E-state index contributed by atoms with van der Waals surface area (Å²) in [5.41, 5.74) is 2.36. The first kappa shape index (κ1) is 16.0. The lowest BCUT2D eigenvalue weighted by atomic mass is 10.00. The van der Waals surface area contributed by atoms with E-state index in [1.54, 1.807) is 0 Å². The van der Waals surface area contributed by atoms with Gasteiger partial charge in [-0.1, -0.05) is 42.0 Å². The molecule has 2 amide bonds. The van der Waals surface area contributed by atoms with Gasteiger partial charge in [0.05, 0.1) is 11.4 Å². The number of anilines is 2. The van der Waals surface area contributed by atoms with E-state index in [-0.39, 0.29) is 11.8 Å². The molecule has 0 aromatic heterocycles. The fourth-order valence-corrected chi connectivity index (χ4v) is 2.86. The van der Waals surface area contributed by atoms with Crippen LogP contribution in [-0.2, 0) is 9.59 Å². The zero-order valence-electron chi connectivity index (χ0n) is 13.7. The van der Waals surface area contributed by atoms with Gasteiger partial charge in [0, 0.05) is 0 Å². The molecule has 4 heteroatoms. The lowest BCUT2D eigenvalue weighted by Gasteiger charge is -2.27. The van der Waals surface area contributed by atoms with E-state index < -0.39 is 5.92 Å². The maximum absolute atomic E-state index is 12.9. The van der Waals surface area contributed by atoms with Crippen LogP contribution in [0.2, 0.25) is 0 Å². The van der Waals surface area contributed by atoms with Crippen LogP contribution >= 0.6 is 0 Å². The lowest BCUT2D eigenvalue weighted by Crippen LogP contribution is -2.41. The molecule has 2 aromatic rings. The van der Waals surface area contributed by atoms with Gasteiger partial charge in [0.1, 0.15) is 5.92 Å². The number of carbonyl (C=O) groups excluding carboxylic acids is 2. The van der Waals surface area contributed by atoms with Crippen LogP contribution in [0.5, 0.6) is 0 Å². The molecular formula is C20H20N2O2. The first-order valence-electron chi connectivity index (χ1n) is 8.02. The van der Waals surface area contributed by atoms with Gasteiger partial charge in [-0.25, -0.2) is 10.0 Å². The average Bonchev–Trinajstić information content (AvgIpc) is 2.85. The molecule has 0 N–H and O–H groups in total. The third-order valence-electron chi connectivity index (χ3n) is 4.08. The van der Waals surface area contributed by atoms with Crippen LogP contribution in [0.3, 0.4) is 0 Å². The molecule has 0 aliphatic carbocycles. The summed E-state index contributed by atoms with van der Waals surface area (Å²) < 4.78 is 0. The number of nitrogens with zero attached hydrogens (tertiary/aromatic N) is 2. The molecule has 1 saturated heterocycles. The van der Waals surface area contributed by atoms with E-state index in [0.29, 0.717) is 24.2 Å². The molecule has 0 radical (unpaired) electrons. The molecule has 122 valence electrons. The number of hydrogen-bond acceptors (Lipinski definition) is 2. The third kappa shape index (κ3) is 2.95. The largest absolute Gasteiger partial charge is 0.272 e. The van der Waals surface area contributed by atoms with Gasteiger partial charge >= 0.3 is 0 Å². The summed E-state index contributed by atoms with van der Waals surface area (Å²) in [4.78, 5) is 25.9. The first-order chi connectivity index (χ1) is 11.6. The Kier molecular flexibility index (Phi) is 4.47. The number of hydrogen-bond donors (Lipinski definition) is 0. The fraction of sp³-hybridized carbons (Fsp3) is 0.200. The number of amides is 2. The Labute approximate surface area is 142 Å². The molecule has 0 spiro atoms. The predicted octanol–water partition coefficient (Wildman–Crippen LogP) is 3.95. The minimum absolute atomic E-state index is 0.184. The van der Waals surface area contributed by atoms with Crippen molar-refractivity contribution in [2.45, 2.75) is 19.8 Å². The number of benzene rings is 2. The molecule has 1 aliphatic heterocycles. The lowest BCUT2D eigenvalue weighted by molar-refractivity contribution is -0.127. The van der Waals surface area contributed by atoms with Crippen molar-refractivity contribution in [1.82, 2.24) is 0 Å². The molecule has 0 atom stereocenters. The van der Waals surface area contributed by atoms with Crippen molar-refractivity contribution in [3.63, 3.8) is 0 Å². The number of rotatable bonds is 5. The van der Waals surface area contributed by atoms with E-state index >= 15 is 0 Å². The zero-order chi connectivity index (χ0) is 17.1. The van der Waals surface area contributed by atoms with Crippen molar-refractivity contribution >= 4 is 23.2 Å². The highest BCUT2D eigenvalue weighted by Gasteiger charge is 2.46. The summed E-state index contributed by atoms with van der Waals surface area (Å²) in [5.74, 6) is -1.03. The average molecular weight is 320 g/mol. The maximum atomic E-state index is 12.9. The van der Waals surface area contributed by atoms with Crippen molar-refractivity contribution < 1.29 is 9.59 Å². The van der Waals surface area contributed by atoms with Crippen molar-refractivity contribution in [2.24, 2.45) is 5.92 Å². The summed E-state index contributed by atoms with van der Waals surface area (Å²) >= 11 is 0. The second-order valence-corrected chi connectivity index (χ2v) is 6.02. The number of hydrazine groups is 1. The van der Waals surface area contributed by atoms with Crippen LogP contribution < -0.4 is 10.0 Å². The van der Waals surface area contributed by atoms with E-state index in [0.717, 1.165) is 5.57 Å². The molecule has 0 saturated carbocycles. The van der Waals surface area contributed by atoms with Gasteiger partial charge in [-0.15, -0.1) is 6.58 Å². The Hall–Kier alpha value is -2.88. The summed E-state index contributed by atoms with van der Waals surface area (Å²) in [7, 11) is 0. The van der Waals surface area contributed by atoms with E-state index in [1.165, 1.54) is 10.0 Å². The minimum atomic E-state index is -0.665. The molecule has 0 bridgehead atoms. The van der Waals surface area contributed by atoms with Crippen LogP contribution in [0.15, 0.2) is 72.8 Å². The standard InChI is InChI=1S/C20H20N2O2/c1-15(2)13-14-18-19(23)21(16-9-5-3-6-10-16)22(20(18)24)17-11-7-4-8-12-17/h3-12,18H,1,13-14H2,2H3. The van der Waals surface area contributed by atoms with E-state index in [1.807, 2.05) is 67.6 Å². The zero-order valence-corrected chi connectivity index (χ0v) is 13.7. The van der Waals surface area contributed by atoms with Crippen LogP contribution in [-0.4, -0.2) is 11.8 Å². The van der Waals surface area contributed by atoms with Gasteiger partial charge in [-0.05, 0) is 44.0 Å². The molecule has 1 aliphatic rings. The van der Waals surface area contributed by atoms with Gasteiger partial charge < -0.3 is 0 Å². The molecule has 1 heterocycles. The van der Waals surface area contributed by atoms with Gasteiger partial charge in [0.25, 0.3) is 11.8 Å². The maximum Gasteiger partial charge on any atom is 0.258 e. The Bertz CT molecular complexity index is 698. The molecule has 3 rings (SSSR count).